The van der Waals surface area contributed by atoms with Crippen molar-refractivity contribution in [3.05, 3.63) is 121 Å². The van der Waals surface area contributed by atoms with E-state index in [0.717, 1.165) is 98.8 Å². The van der Waals surface area contributed by atoms with Crippen molar-refractivity contribution < 1.29 is 42.1 Å². The molecule has 4 aliphatic rings. The van der Waals surface area contributed by atoms with E-state index >= 15 is 9.18 Å². The second-order valence-electron chi connectivity index (χ2n) is 20.7. The summed E-state index contributed by atoms with van der Waals surface area (Å²) in [5.74, 6) is 0.557. The molecule has 2 unspecified atom stereocenters. The lowest BCUT2D eigenvalue weighted by atomic mass is 9.94. The van der Waals surface area contributed by atoms with Gasteiger partial charge in [-0.2, -0.15) is 5.10 Å². The second-order valence-corrected chi connectivity index (χ2v) is 23.6. The third-order valence-electron chi connectivity index (χ3n) is 15.1. The molecule has 4 fully saturated rings. The van der Waals surface area contributed by atoms with E-state index in [1.54, 1.807) is 0 Å². The summed E-state index contributed by atoms with van der Waals surface area (Å²) in [4.78, 5) is 42.1. The minimum atomic E-state index is -2.26. The summed E-state index contributed by atoms with van der Waals surface area (Å²) in [6.45, 7) is 15.2. The maximum Gasteiger partial charge on any atom is 0.309 e. The van der Waals surface area contributed by atoms with Crippen LogP contribution < -0.4 is 24.0 Å². The number of aromatic nitrogens is 3. The number of halogens is 2. The van der Waals surface area contributed by atoms with Crippen LogP contribution in [0, 0.1) is 17.6 Å². The Morgan fingerprint density at radius 1 is 0.829 bits per heavy atom. The molecule has 0 aliphatic carbocycles. The summed E-state index contributed by atoms with van der Waals surface area (Å²) in [6.07, 6.45) is 10.9. The van der Waals surface area contributed by atoms with Crippen LogP contribution in [0.4, 0.5) is 30.6 Å². The van der Waals surface area contributed by atoms with Crippen LogP contribution in [0.5, 0.6) is 11.5 Å². The van der Waals surface area contributed by atoms with Gasteiger partial charge < -0.3 is 48.0 Å². The quantitative estimate of drug-likeness (QED) is 0.0464. The molecule has 0 radical (unpaired) electrons. The predicted octanol–water partition coefficient (Wildman–Crippen LogP) is 10.6. The Morgan fingerprint density at radius 3 is 2.13 bits per heavy atom. The number of hydrogen-bond acceptors (Lipinski definition) is 13. The zero-order valence-electron chi connectivity index (χ0n) is 44.6. The summed E-state index contributed by atoms with van der Waals surface area (Å²) in [7, 11) is -2.26. The first-order valence-electron chi connectivity index (χ1n) is 27.4. The molecule has 0 spiro atoms. The Bertz CT molecular complexity index is 2640. The number of unbranched alkanes of at least 4 members (excludes halogenated alkanes) is 5. The Kier molecular flexibility index (Phi) is 18.4. The van der Waals surface area contributed by atoms with Crippen molar-refractivity contribution in [1.82, 2.24) is 24.6 Å². The minimum Gasteiger partial charge on any atom is -0.494 e. The van der Waals surface area contributed by atoms with Gasteiger partial charge in [0, 0.05) is 78.1 Å². The van der Waals surface area contributed by atoms with Gasteiger partial charge in [0.25, 0.3) is 5.24 Å². The lowest BCUT2D eigenvalue weighted by Crippen LogP contribution is -2.48. The van der Waals surface area contributed by atoms with Gasteiger partial charge in [-0.3, -0.25) is 9.59 Å². The molecule has 4 saturated heterocycles. The lowest BCUT2D eigenvalue weighted by molar-refractivity contribution is -0.149. The summed E-state index contributed by atoms with van der Waals surface area (Å²) < 4.78 is 64.3. The highest BCUT2D eigenvalue weighted by Gasteiger charge is 2.51. The number of likely N-dealkylation sites (tertiary alicyclic amines) is 1. The molecule has 9 rings (SSSR count). The fourth-order valence-corrected chi connectivity index (χ4v) is 14.6. The number of benzene rings is 4. The van der Waals surface area contributed by atoms with E-state index in [0.29, 0.717) is 24.7 Å². The molecule has 5 heterocycles. The minimum absolute atomic E-state index is 0.00379. The fourth-order valence-electron chi connectivity index (χ4n) is 11.1. The van der Waals surface area contributed by atoms with Crippen LogP contribution in [0.15, 0.2) is 109 Å². The monoisotopic (exact) mass is 1070 g/mol. The van der Waals surface area contributed by atoms with Gasteiger partial charge in [0.2, 0.25) is 0 Å². The zero-order valence-corrected chi connectivity index (χ0v) is 45.4. The van der Waals surface area contributed by atoms with Gasteiger partial charge in [0.1, 0.15) is 48.0 Å². The molecule has 1 N–H and O–H groups in total. The number of carbonyl (C=O) groups excluding carboxylic acids is 2. The van der Waals surface area contributed by atoms with Crippen LogP contribution in [-0.4, -0.2) is 132 Å². The molecule has 76 heavy (non-hydrogen) atoms. The lowest BCUT2D eigenvalue weighted by Gasteiger charge is -2.38. The molecule has 1 aromatic heterocycles. The highest BCUT2D eigenvalue weighted by atomic mass is 32.3. The number of rotatable bonds is 24. The average molecular weight is 1070 g/mol. The fraction of sp³-hybridized carbons (Fsp3) is 0.517. The van der Waals surface area contributed by atoms with Crippen molar-refractivity contribution in [1.29, 1.82) is 0 Å². The first-order valence-corrected chi connectivity index (χ1v) is 29.2. The molecule has 410 valence electrons. The Balaban J connectivity index is 0.831. The van der Waals surface area contributed by atoms with Gasteiger partial charge in [-0.1, -0.05) is 55.3 Å². The number of nitrogens with zero attached hydrogens (tertiary/aromatic N) is 7. The topological polar surface area (TPSA) is 136 Å². The second kappa shape index (κ2) is 25.5. The first kappa shape index (κ1) is 54.8. The number of anilines is 3. The average Bonchev–Trinajstić information content (AvgIpc) is 4.19. The highest BCUT2D eigenvalue weighted by Crippen LogP contribution is 2.62. The summed E-state index contributed by atoms with van der Waals surface area (Å²) in [5, 5.41) is 4.32. The molecule has 4 aromatic carbocycles. The number of piperidine rings is 1. The van der Waals surface area contributed by atoms with Crippen LogP contribution in [0.25, 0.3) is 0 Å². The number of ether oxygens (including phenoxy) is 5. The van der Waals surface area contributed by atoms with Gasteiger partial charge in [-0.15, -0.1) is 0 Å². The van der Waals surface area contributed by atoms with E-state index in [2.05, 4.69) is 91.6 Å². The molecular weight excluding hydrogens is 991 g/mol. The Labute approximate surface area is 448 Å². The van der Waals surface area contributed by atoms with Gasteiger partial charge in [0.05, 0.1) is 38.3 Å². The van der Waals surface area contributed by atoms with Crippen LogP contribution >= 0.6 is 10.2 Å². The number of hydrogen-bond donors (Lipinski definition) is 1. The van der Waals surface area contributed by atoms with Crippen molar-refractivity contribution in [2.24, 2.45) is 5.92 Å². The van der Waals surface area contributed by atoms with Crippen molar-refractivity contribution >= 4 is 38.5 Å². The molecule has 0 bridgehead atoms. The van der Waals surface area contributed by atoms with E-state index in [1.807, 2.05) is 43.3 Å². The third kappa shape index (κ3) is 13.1. The van der Waals surface area contributed by atoms with Crippen LogP contribution in [-0.2, 0) is 31.2 Å². The molecule has 18 heteroatoms. The standard InChI is InChI=1S/C58H76F2N8O7S/c1-5-7-8-9-10-11-34-72-50-19-13-46(14-20-50)63-76(38-49(68(43(3)4)57(76)70)36-64-28-26-44(27-29-64)56(69)71-6-2)52-23-17-48(18-24-52)66-32-30-65(31-33-66)47-15-21-51(22-16-47)73-37-55-74-40-58(75-55,39-67-42-61-41-62-67)53-25-12-45(59)35-54(53)60/h12-25,35,41-44,49,55,63H,5-11,26-34,36-40H2,1-4H3/t49?,55-,58+/m0/s1. The third-order valence-corrected chi connectivity index (χ3v) is 18.5. The summed E-state index contributed by atoms with van der Waals surface area (Å²) in [5.41, 5.74) is 2.00. The van der Waals surface area contributed by atoms with Gasteiger partial charge in [-0.25, -0.2) is 18.4 Å². The number of piperazine rings is 1. The van der Waals surface area contributed by atoms with E-state index in [9.17, 15) is 9.18 Å². The SMILES string of the molecule is CCCCCCCCOc1ccc(NS2(c3ccc(N4CCN(c5ccc(OC[C@H]6OC[C@](Cn7cncn7)(c7ccc(F)cc7F)O6)cc5)CC4)cc3)CC(CN3CCC(C(=O)OCC)CC3)N(C(C)C)C2=O)cc1. The highest BCUT2D eigenvalue weighted by molar-refractivity contribution is 8.46. The van der Waals surface area contributed by atoms with Crippen molar-refractivity contribution in [2.45, 2.75) is 114 Å². The van der Waals surface area contributed by atoms with Crippen molar-refractivity contribution in [3.63, 3.8) is 0 Å². The number of esters is 1. The maximum absolute atomic E-state index is 15.2. The van der Waals surface area contributed by atoms with Crippen molar-refractivity contribution in [3.8, 4) is 11.5 Å². The maximum atomic E-state index is 15.2. The van der Waals surface area contributed by atoms with E-state index in [4.69, 9.17) is 23.7 Å². The molecule has 4 atom stereocenters. The van der Waals surface area contributed by atoms with E-state index in [1.165, 1.54) is 61.6 Å². The number of nitrogens with one attached hydrogen (secondary N) is 1. The Hall–Kier alpha value is -5.95. The zero-order chi connectivity index (χ0) is 53.1. The van der Waals surface area contributed by atoms with Gasteiger partial charge in [0.15, 0.2) is 6.29 Å². The van der Waals surface area contributed by atoms with Crippen LogP contribution in [0.3, 0.4) is 0 Å². The summed E-state index contributed by atoms with van der Waals surface area (Å²) in [6, 6.07) is 28.2. The van der Waals surface area contributed by atoms with E-state index in [-0.39, 0.29) is 54.5 Å². The molecule has 5 aromatic rings. The number of carbonyl (C=O) groups is 2. The van der Waals surface area contributed by atoms with Gasteiger partial charge >= 0.3 is 5.97 Å². The molecule has 4 aliphatic heterocycles. The normalized spacial score (nSPS) is 23.2. The smallest absolute Gasteiger partial charge is 0.309 e. The van der Waals surface area contributed by atoms with Gasteiger partial charge in [-0.05, 0) is 132 Å². The Morgan fingerprint density at radius 2 is 1.49 bits per heavy atom. The molecule has 1 amide bonds. The van der Waals surface area contributed by atoms with E-state index < -0.39 is 33.7 Å². The van der Waals surface area contributed by atoms with Crippen LogP contribution in [0.1, 0.15) is 84.6 Å². The largest absolute Gasteiger partial charge is 0.494 e. The molecular formula is C58H76F2N8O7S. The predicted molar refractivity (Wildman–Crippen MR) is 293 cm³/mol. The first-order chi connectivity index (χ1) is 37.0. The molecule has 15 nitrogen and oxygen atoms in total. The number of amides is 1. The summed E-state index contributed by atoms with van der Waals surface area (Å²) >= 11 is 0. The molecule has 0 saturated carbocycles. The van der Waals surface area contributed by atoms with Crippen molar-refractivity contribution in [2.75, 3.05) is 92.5 Å². The van der Waals surface area contributed by atoms with Crippen LogP contribution in [0.2, 0.25) is 0 Å².